The molecule has 0 aliphatic heterocycles. The van der Waals surface area contributed by atoms with Gasteiger partial charge in [-0.2, -0.15) is 0 Å². The molecule has 0 bridgehead atoms. The van der Waals surface area contributed by atoms with E-state index in [0.717, 1.165) is 25.8 Å². The Morgan fingerprint density at radius 2 is 1.62 bits per heavy atom. The number of carboxylic acids is 1. The van der Waals surface area contributed by atoms with E-state index >= 15 is 0 Å². The molecule has 3 N–H and O–H groups in total. The minimum absolute atomic E-state index is 0.0174. The maximum atomic E-state index is 12.8. The minimum atomic E-state index is -1.15. The Bertz CT molecular complexity index is 1210. The number of benzene rings is 3. The van der Waals surface area contributed by atoms with Gasteiger partial charge in [-0.05, 0) is 69.5 Å². The zero-order chi connectivity index (χ0) is 24.2. The molecule has 0 aromatic heterocycles. The SMILES string of the molecule is CC[C@@H](NC(=O)OCC1c2ccccc2-c2ccccc21)C(=O)Nc1ccc(I)cc1C(=O)O. The van der Waals surface area contributed by atoms with Gasteiger partial charge in [0.15, 0.2) is 0 Å². The smallest absolute Gasteiger partial charge is 0.407 e. The maximum Gasteiger partial charge on any atom is 0.407 e. The van der Waals surface area contributed by atoms with Crippen molar-refractivity contribution in [1.29, 1.82) is 0 Å². The Morgan fingerprint density at radius 3 is 2.21 bits per heavy atom. The van der Waals surface area contributed by atoms with Crippen molar-refractivity contribution in [1.82, 2.24) is 5.32 Å². The van der Waals surface area contributed by atoms with Crippen LogP contribution in [0.3, 0.4) is 0 Å². The average molecular weight is 570 g/mol. The summed E-state index contributed by atoms with van der Waals surface area (Å²) in [7, 11) is 0. The summed E-state index contributed by atoms with van der Waals surface area (Å²) >= 11 is 2.00. The van der Waals surface area contributed by atoms with E-state index in [2.05, 4.69) is 22.8 Å². The number of amides is 2. The van der Waals surface area contributed by atoms with Crippen LogP contribution < -0.4 is 10.6 Å². The first-order chi connectivity index (χ1) is 16.4. The number of alkyl carbamates (subject to hydrolysis) is 1. The number of anilines is 1. The Hall–Kier alpha value is -3.40. The lowest BCUT2D eigenvalue weighted by molar-refractivity contribution is -0.118. The number of carboxylic acid groups (broad SMARTS) is 1. The van der Waals surface area contributed by atoms with Gasteiger partial charge < -0.3 is 20.5 Å². The van der Waals surface area contributed by atoms with Crippen molar-refractivity contribution in [2.45, 2.75) is 25.3 Å². The lowest BCUT2D eigenvalue weighted by atomic mass is 9.98. The second-order valence-corrected chi connectivity index (χ2v) is 9.16. The summed E-state index contributed by atoms with van der Waals surface area (Å²) in [5.41, 5.74) is 4.61. The monoisotopic (exact) mass is 570 g/mol. The number of nitrogens with one attached hydrogen (secondary N) is 2. The fourth-order valence-electron chi connectivity index (χ4n) is 4.16. The first-order valence-corrected chi connectivity index (χ1v) is 11.9. The fraction of sp³-hybridized carbons (Fsp3) is 0.192. The molecule has 34 heavy (non-hydrogen) atoms. The van der Waals surface area contributed by atoms with E-state index in [4.69, 9.17) is 4.74 Å². The van der Waals surface area contributed by atoms with E-state index in [1.807, 2.05) is 59.0 Å². The summed E-state index contributed by atoms with van der Waals surface area (Å²) in [6, 6.07) is 19.9. The number of hydrogen-bond donors (Lipinski definition) is 3. The molecule has 1 aliphatic carbocycles. The van der Waals surface area contributed by atoms with Crippen LogP contribution in [-0.4, -0.2) is 35.7 Å². The number of carbonyl (C=O) groups excluding carboxylic acids is 2. The Labute approximate surface area is 210 Å². The van der Waals surface area contributed by atoms with E-state index in [9.17, 15) is 19.5 Å². The normalized spacial score (nSPS) is 12.9. The molecule has 1 aliphatic rings. The molecule has 0 spiro atoms. The lowest BCUT2D eigenvalue weighted by Crippen LogP contribution is -2.44. The largest absolute Gasteiger partial charge is 0.478 e. The van der Waals surface area contributed by atoms with Gasteiger partial charge in [-0.15, -0.1) is 0 Å². The summed E-state index contributed by atoms with van der Waals surface area (Å²) in [6.07, 6.45) is -0.395. The van der Waals surface area contributed by atoms with Crippen LogP contribution in [0.2, 0.25) is 0 Å². The van der Waals surface area contributed by atoms with Gasteiger partial charge in [0.1, 0.15) is 12.6 Å². The molecule has 4 rings (SSSR count). The number of hydrogen-bond acceptors (Lipinski definition) is 4. The van der Waals surface area contributed by atoms with Gasteiger partial charge in [0.25, 0.3) is 0 Å². The quantitative estimate of drug-likeness (QED) is 0.337. The third-order valence-corrected chi connectivity index (χ3v) is 6.50. The predicted octanol–water partition coefficient (Wildman–Crippen LogP) is 5.25. The summed E-state index contributed by atoms with van der Waals surface area (Å²) < 4.78 is 6.26. The third-order valence-electron chi connectivity index (χ3n) is 5.83. The zero-order valence-corrected chi connectivity index (χ0v) is 20.5. The molecule has 1 atom stereocenters. The molecule has 0 heterocycles. The molecule has 7 nitrogen and oxygen atoms in total. The van der Waals surface area contributed by atoms with Crippen molar-refractivity contribution in [2.75, 3.05) is 11.9 Å². The van der Waals surface area contributed by atoms with Crippen molar-refractivity contribution in [3.63, 3.8) is 0 Å². The molecule has 174 valence electrons. The molecule has 0 fully saturated rings. The number of fused-ring (bicyclic) bond motifs is 3. The van der Waals surface area contributed by atoms with Gasteiger partial charge in [0.05, 0.1) is 11.3 Å². The Balaban J connectivity index is 1.41. The van der Waals surface area contributed by atoms with Crippen LogP contribution >= 0.6 is 22.6 Å². The van der Waals surface area contributed by atoms with E-state index < -0.39 is 24.0 Å². The van der Waals surface area contributed by atoms with Gasteiger partial charge in [0, 0.05) is 9.49 Å². The van der Waals surface area contributed by atoms with E-state index in [0.29, 0.717) is 6.42 Å². The molecule has 0 saturated carbocycles. The summed E-state index contributed by atoms with van der Waals surface area (Å²) in [6.45, 7) is 1.89. The molecule has 0 radical (unpaired) electrons. The Kier molecular flexibility index (Phi) is 7.16. The highest BCUT2D eigenvalue weighted by atomic mass is 127. The lowest BCUT2D eigenvalue weighted by Gasteiger charge is -2.19. The zero-order valence-electron chi connectivity index (χ0n) is 18.4. The van der Waals surface area contributed by atoms with E-state index in [1.54, 1.807) is 13.0 Å². The number of ether oxygens (including phenoxy) is 1. The van der Waals surface area contributed by atoms with Crippen molar-refractivity contribution < 1.29 is 24.2 Å². The number of aromatic carboxylic acids is 1. The highest BCUT2D eigenvalue weighted by molar-refractivity contribution is 14.1. The van der Waals surface area contributed by atoms with Crippen LogP contribution in [0.4, 0.5) is 10.5 Å². The van der Waals surface area contributed by atoms with Crippen molar-refractivity contribution in [2.24, 2.45) is 0 Å². The second-order valence-electron chi connectivity index (χ2n) is 7.92. The number of halogens is 1. The van der Waals surface area contributed by atoms with Crippen LogP contribution in [0.25, 0.3) is 11.1 Å². The highest BCUT2D eigenvalue weighted by Gasteiger charge is 2.29. The number of rotatable bonds is 7. The van der Waals surface area contributed by atoms with Crippen LogP contribution in [0.5, 0.6) is 0 Å². The average Bonchev–Trinajstić information content (AvgIpc) is 3.15. The summed E-state index contributed by atoms with van der Waals surface area (Å²) in [5, 5.41) is 14.6. The van der Waals surface area contributed by atoms with Crippen LogP contribution in [0.1, 0.15) is 40.7 Å². The standard InChI is InChI=1S/C26H23IN2O5/c1-2-22(24(30)28-23-12-11-15(27)13-20(23)25(31)32)29-26(33)34-14-21-18-9-5-3-7-16(18)17-8-4-6-10-19(17)21/h3-13,21-22H,2,14H2,1H3,(H,28,30)(H,29,33)(H,31,32)/t22-/m1/s1. The van der Waals surface area contributed by atoms with Crippen molar-refractivity contribution in [3.05, 3.63) is 87.0 Å². The van der Waals surface area contributed by atoms with Crippen molar-refractivity contribution >= 4 is 46.2 Å². The van der Waals surface area contributed by atoms with Gasteiger partial charge in [-0.25, -0.2) is 9.59 Å². The van der Waals surface area contributed by atoms with Crippen LogP contribution in [0, 0.1) is 3.57 Å². The molecule has 0 unspecified atom stereocenters. The van der Waals surface area contributed by atoms with Gasteiger partial charge >= 0.3 is 12.1 Å². The van der Waals surface area contributed by atoms with E-state index in [1.165, 1.54) is 12.1 Å². The number of carbonyl (C=O) groups is 3. The van der Waals surface area contributed by atoms with Gasteiger partial charge in [-0.1, -0.05) is 55.5 Å². The van der Waals surface area contributed by atoms with E-state index in [-0.39, 0.29) is 23.8 Å². The predicted molar refractivity (Wildman–Crippen MR) is 137 cm³/mol. The summed E-state index contributed by atoms with van der Waals surface area (Å²) in [4.78, 5) is 36.8. The minimum Gasteiger partial charge on any atom is -0.478 e. The van der Waals surface area contributed by atoms with Gasteiger partial charge in [-0.3, -0.25) is 4.79 Å². The molecule has 0 saturated heterocycles. The van der Waals surface area contributed by atoms with Crippen LogP contribution in [0.15, 0.2) is 66.7 Å². The molecule has 8 heteroatoms. The first-order valence-electron chi connectivity index (χ1n) is 10.8. The summed E-state index contributed by atoms with van der Waals surface area (Å²) in [5.74, 6) is -1.75. The third kappa shape index (κ3) is 4.91. The van der Waals surface area contributed by atoms with Crippen molar-refractivity contribution in [3.8, 4) is 11.1 Å². The maximum absolute atomic E-state index is 12.8. The fourth-order valence-corrected chi connectivity index (χ4v) is 4.65. The molecular formula is C26H23IN2O5. The Morgan fingerprint density at radius 1 is 1.00 bits per heavy atom. The second kappa shape index (κ2) is 10.3. The molecule has 2 amide bonds. The molecule has 3 aromatic rings. The molecule has 3 aromatic carbocycles. The first kappa shape index (κ1) is 23.7. The van der Waals surface area contributed by atoms with Crippen LogP contribution in [-0.2, 0) is 9.53 Å². The topological polar surface area (TPSA) is 105 Å². The highest BCUT2D eigenvalue weighted by Crippen LogP contribution is 2.44. The van der Waals surface area contributed by atoms with Gasteiger partial charge in [0.2, 0.25) is 5.91 Å². The molecular weight excluding hydrogens is 547 g/mol.